The fraction of sp³-hybridized carbons (Fsp3) is 0.800. The Morgan fingerprint density at radius 2 is 2.16 bits per heavy atom. The van der Waals surface area contributed by atoms with Crippen LogP contribution in [0.4, 0.5) is 5.95 Å². The quantitative estimate of drug-likeness (QED) is 0.659. The number of nitrogens with one attached hydrogen (secondary N) is 1. The zero-order valence-corrected chi connectivity index (χ0v) is 12.9. The van der Waals surface area contributed by atoms with Gasteiger partial charge in [0.25, 0.3) is 0 Å². The molecule has 0 amide bonds. The van der Waals surface area contributed by atoms with Crippen LogP contribution in [0.3, 0.4) is 0 Å². The minimum atomic E-state index is 0.461. The Morgan fingerprint density at radius 3 is 2.84 bits per heavy atom. The summed E-state index contributed by atoms with van der Waals surface area (Å²) >= 11 is 0. The lowest BCUT2D eigenvalue weighted by molar-refractivity contribution is 0.142. The molecule has 0 aliphatic carbocycles. The van der Waals surface area contributed by atoms with Crippen molar-refractivity contribution in [3.8, 4) is 0 Å². The molecule has 110 valence electrons. The van der Waals surface area contributed by atoms with Crippen LogP contribution in [-0.4, -0.2) is 28.8 Å². The molecule has 0 aromatic carbocycles. The summed E-state index contributed by atoms with van der Waals surface area (Å²) in [4.78, 5) is 4.40. The molecule has 2 unspecified atom stereocenters. The largest absolute Gasteiger partial charge is 0.382 e. The Morgan fingerprint density at radius 1 is 1.37 bits per heavy atom. The van der Waals surface area contributed by atoms with Crippen LogP contribution in [-0.2, 0) is 11.3 Å². The molecule has 1 aromatic heterocycles. The van der Waals surface area contributed by atoms with Gasteiger partial charge in [0.15, 0.2) is 0 Å². The van der Waals surface area contributed by atoms with E-state index in [1.54, 1.807) is 0 Å². The van der Waals surface area contributed by atoms with E-state index in [-0.39, 0.29) is 0 Å². The van der Waals surface area contributed by atoms with Crippen LogP contribution in [0.1, 0.15) is 47.0 Å². The van der Waals surface area contributed by atoms with Gasteiger partial charge < -0.3 is 14.6 Å². The Hall–Kier alpha value is -1.03. The van der Waals surface area contributed by atoms with Gasteiger partial charge in [0.2, 0.25) is 5.95 Å². The molecule has 0 radical (unpaired) electrons. The number of ether oxygens (including phenoxy) is 1. The van der Waals surface area contributed by atoms with Gasteiger partial charge in [0, 0.05) is 38.2 Å². The second kappa shape index (κ2) is 8.97. The molecule has 19 heavy (non-hydrogen) atoms. The molecule has 0 bridgehead atoms. The highest BCUT2D eigenvalue weighted by Gasteiger charge is 2.10. The maximum atomic E-state index is 5.37. The SMILES string of the molecule is CCOCCCn1ccnc1NC(C)CC(C)CC. The highest BCUT2D eigenvalue weighted by molar-refractivity contribution is 5.27. The summed E-state index contributed by atoms with van der Waals surface area (Å²) in [5, 5.41) is 3.51. The molecule has 4 nitrogen and oxygen atoms in total. The van der Waals surface area contributed by atoms with Crippen molar-refractivity contribution in [2.45, 2.75) is 59.5 Å². The third-order valence-electron chi connectivity index (χ3n) is 3.44. The van der Waals surface area contributed by atoms with Crippen molar-refractivity contribution < 1.29 is 4.74 Å². The molecule has 1 rings (SSSR count). The van der Waals surface area contributed by atoms with Crippen LogP contribution in [0.2, 0.25) is 0 Å². The molecule has 0 spiro atoms. The van der Waals surface area contributed by atoms with Gasteiger partial charge in [-0.05, 0) is 32.6 Å². The van der Waals surface area contributed by atoms with Crippen molar-refractivity contribution in [1.29, 1.82) is 0 Å². The molecule has 1 heterocycles. The first kappa shape index (κ1) is 16.0. The molecule has 0 aliphatic rings. The van der Waals surface area contributed by atoms with E-state index in [4.69, 9.17) is 4.74 Å². The summed E-state index contributed by atoms with van der Waals surface area (Å²) in [6.45, 7) is 11.4. The van der Waals surface area contributed by atoms with Crippen molar-refractivity contribution in [3.63, 3.8) is 0 Å². The Kier molecular flexibility index (Phi) is 7.56. The van der Waals surface area contributed by atoms with Gasteiger partial charge in [0.05, 0.1) is 0 Å². The first-order valence-corrected chi connectivity index (χ1v) is 7.52. The zero-order chi connectivity index (χ0) is 14.1. The smallest absolute Gasteiger partial charge is 0.202 e. The number of nitrogens with zero attached hydrogens (tertiary/aromatic N) is 2. The van der Waals surface area contributed by atoms with Gasteiger partial charge in [0.1, 0.15) is 0 Å². The number of aryl methyl sites for hydroxylation is 1. The van der Waals surface area contributed by atoms with Crippen LogP contribution in [0.5, 0.6) is 0 Å². The van der Waals surface area contributed by atoms with Gasteiger partial charge in [-0.2, -0.15) is 0 Å². The predicted octanol–water partition coefficient (Wildman–Crippen LogP) is 3.55. The molecule has 2 atom stereocenters. The van der Waals surface area contributed by atoms with E-state index in [1.165, 1.54) is 12.8 Å². The monoisotopic (exact) mass is 267 g/mol. The van der Waals surface area contributed by atoms with Crippen LogP contribution >= 0.6 is 0 Å². The maximum absolute atomic E-state index is 5.37. The highest BCUT2D eigenvalue weighted by Crippen LogP contribution is 2.14. The average molecular weight is 267 g/mol. The summed E-state index contributed by atoms with van der Waals surface area (Å²) in [5.41, 5.74) is 0. The number of hydrogen-bond acceptors (Lipinski definition) is 3. The fourth-order valence-corrected chi connectivity index (χ4v) is 2.16. The van der Waals surface area contributed by atoms with Crippen LogP contribution in [0.15, 0.2) is 12.4 Å². The number of imidazole rings is 1. The van der Waals surface area contributed by atoms with Gasteiger partial charge in [-0.3, -0.25) is 0 Å². The summed E-state index contributed by atoms with van der Waals surface area (Å²) in [6, 6.07) is 0.461. The van der Waals surface area contributed by atoms with Crippen molar-refractivity contribution in [1.82, 2.24) is 9.55 Å². The van der Waals surface area contributed by atoms with Gasteiger partial charge in [-0.1, -0.05) is 20.3 Å². The summed E-state index contributed by atoms with van der Waals surface area (Å²) in [5.74, 6) is 1.73. The van der Waals surface area contributed by atoms with Crippen LogP contribution in [0.25, 0.3) is 0 Å². The van der Waals surface area contributed by atoms with Crippen molar-refractivity contribution >= 4 is 5.95 Å². The summed E-state index contributed by atoms with van der Waals surface area (Å²) < 4.78 is 7.54. The number of anilines is 1. The summed E-state index contributed by atoms with van der Waals surface area (Å²) in [6.07, 6.45) is 7.33. The molecular formula is C15H29N3O. The summed E-state index contributed by atoms with van der Waals surface area (Å²) in [7, 11) is 0. The number of aromatic nitrogens is 2. The second-order valence-electron chi connectivity index (χ2n) is 5.29. The van der Waals surface area contributed by atoms with E-state index in [2.05, 4.69) is 35.6 Å². The molecule has 0 saturated heterocycles. The standard InChI is InChI=1S/C15H29N3O/c1-5-13(3)12-14(4)17-15-16-8-10-18(15)9-7-11-19-6-2/h8,10,13-14H,5-7,9,11-12H2,1-4H3,(H,16,17). The minimum absolute atomic E-state index is 0.461. The van der Waals surface area contributed by atoms with Crippen molar-refractivity contribution in [3.05, 3.63) is 12.4 Å². The third kappa shape index (κ3) is 6.10. The molecule has 1 N–H and O–H groups in total. The zero-order valence-electron chi connectivity index (χ0n) is 12.9. The molecule has 0 saturated carbocycles. The average Bonchev–Trinajstić information content (AvgIpc) is 2.81. The van der Waals surface area contributed by atoms with E-state index < -0.39 is 0 Å². The highest BCUT2D eigenvalue weighted by atomic mass is 16.5. The van der Waals surface area contributed by atoms with Crippen molar-refractivity contribution in [2.24, 2.45) is 5.92 Å². The Labute approximate surface area is 117 Å². The first-order chi connectivity index (χ1) is 9.17. The van der Waals surface area contributed by atoms with Gasteiger partial charge in [-0.25, -0.2) is 4.98 Å². The van der Waals surface area contributed by atoms with Crippen LogP contribution in [0, 0.1) is 5.92 Å². The van der Waals surface area contributed by atoms with E-state index >= 15 is 0 Å². The van der Waals surface area contributed by atoms with Crippen molar-refractivity contribution in [2.75, 3.05) is 18.5 Å². The van der Waals surface area contributed by atoms with E-state index in [9.17, 15) is 0 Å². The van der Waals surface area contributed by atoms with E-state index in [1.807, 2.05) is 19.3 Å². The van der Waals surface area contributed by atoms with Gasteiger partial charge >= 0.3 is 0 Å². The number of hydrogen-bond donors (Lipinski definition) is 1. The minimum Gasteiger partial charge on any atom is -0.382 e. The van der Waals surface area contributed by atoms with Gasteiger partial charge in [-0.15, -0.1) is 0 Å². The third-order valence-corrected chi connectivity index (χ3v) is 3.44. The lowest BCUT2D eigenvalue weighted by Gasteiger charge is -2.19. The van der Waals surface area contributed by atoms with Crippen LogP contribution < -0.4 is 5.32 Å². The lowest BCUT2D eigenvalue weighted by Crippen LogP contribution is -2.21. The normalized spacial score (nSPS) is 14.3. The fourth-order valence-electron chi connectivity index (χ4n) is 2.16. The Bertz CT molecular complexity index is 338. The van der Waals surface area contributed by atoms with E-state index in [0.717, 1.165) is 38.0 Å². The Balaban J connectivity index is 2.39. The topological polar surface area (TPSA) is 39.1 Å². The maximum Gasteiger partial charge on any atom is 0.202 e. The predicted molar refractivity (Wildman–Crippen MR) is 80.5 cm³/mol. The number of rotatable bonds is 10. The van der Waals surface area contributed by atoms with E-state index in [0.29, 0.717) is 6.04 Å². The molecule has 1 aromatic rings. The molecule has 4 heteroatoms. The lowest BCUT2D eigenvalue weighted by atomic mass is 10.0. The molecular weight excluding hydrogens is 238 g/mol. The molecule has 0 aliphatic heterocycles. The first-order valence-electron chi connectivity index (χ1n) is 7.52. The second-order valence-corrected chi connectivity index (χ2v) is 5.29. The molecule has 0 fully saturated rings.